The standard InChI is InChI=1S/C21H22N4O3S2/c1-2-13-27-16-6-3-4-7-17(16)28-15-19(26)24-9-11-25(12-10-24)21-23-22-20(30-21)18-8-5-14-29-18/h2-8,14H,1,9-13,15H2. The second-order valence-electron chi connectivity index (χ2n) is 6.57. The van der Waals surface area contributed by atoms with Crippen LogP contribution in [0.15, 0.2) is 54.4 Å². The molecule has 156 valence electrons. The summed E-state index contributed by atoms with van der Waals surface area (Å²) in [7, 11) is 0. The van der Waals surface area contributed by atoms with E-state index in [-0.39, 0.29) is 12.5 Å². The molecule has 0 unspecified atom stereocenters. The van der Waals surface area contributed by atoms with Crippen molar-refractivity contribution < 1.29 is 14.3 Å². The van der Waals surface area contributed by atoms with Gasteiger partial charge < -0.3 is 19.3 Å². The van der Waals surface area contributed by atoms with Gasteiger partial charge in [-0.1, -0.05) is 42.2 Å². The molecule has 1 aliphatic heterocycles. The molecule has 4 rings (SSSR count). The molecule has 0 spiro atoms. The zero-order valence-corrected chi connectivity index (χ0v) is 18.0. The number of thiophene rings is 1. The molecule has 7 nitrogen and oxygen atoms in total. The maximum Gasteiger partial charge on any atom is 0.260 e. The van der Waals surface area contributed by atoms with E-state index in [9.17, 15) is 4.79 Å². The van der Waals surface area contributed by atoms with Crippen LogP contribution in [0.4, 0.5) is 5.13 Å². The fraction of sp³-hybridized carbons (Fsp3) is 0.286. The highest BCUT2D eigenvalue weighted by molar-refractivity contribution is 7.22. The number of carbonyl (C=O) groups is 1. The molecule has 2 aromatic heterocycles. The SMILES string of the molecule is C=CCOc1ccccc1OCC(=O)N1CCN(c2nnc(-c3cccs3)s2)CC1. The molecular formula is C21H22N4O3S2. The zero-order chi connectivity index (χ0) is 20.8. The first kappa shape index (κ1) is 20.4. The van der Waals surface area contributed by atoms with E-state index in [2.05, 4.69) is 21.7 Å². The molecule has 0 aliphatic carbocycles. The summed E-state index contributed by atoms with van der Waals surface area (Å²) in [5.41, 5.74) is 0. The zero-order valence-electron chi connectivity index (χ0n) is 16.4. The van der Waals surface area contributed by atoms with Gasteiger partial charge in [-0.15, -0.1) is 21.5 Å². The van der Waals surface area contributed by atoms with Gasteiger partial charge in [-0.3, -0.25) is 4.79 Å². The predicted octanol–water partition coefficient (Wildman–Crippen LogP) is 3.56. The lowest BCUT2D eigenvalue weighted by molar-refractivity contribution is -0.133. The summed E-state index contributed by atoms with van der Waals surface area (Å²) in [5, 5.41) is 12.5. The van der Waals surface area contributed by atoms with Crippen molar-refractivity contribution in [2.45, 2.75) is 0 Å². The highest BCUT2D eigenvalue weighted by Gasteiger charge is 2.24. The molecule has 3 heterocycles. The fourth-order valence-corrected chi connectivity index (χ4v) is 4.75. The molecule has 1 amide bonds. The minimum absolute atomic E-state index is 0.0181. The Morgan fingerprint density at radius 1 is 1.07 bits per heavy atom. The van der Waals surface area contributed by atoms with E-state index in [1.807, 2.05) is 40.6 Å². The van der Waals surface area contributed by atoms with Gasteiger partial charge in [-0.2, -0.15) is 0 Å². The van der Waals surface area contributed by atoms with Gasteiger partial charge in [0.2, 0.25) is 5.13 Å². The molecule has 1 aliphatic rings. The lowest BCUT2D eigenvalue weighted by Crippen LogP contribution is -2.50. The van der Waals surface area contributed by atoms with Crippen LogP contribution in [0, 0.1) is 0 Å². The number of anilines is 1. The Morgan fingerprint density at radius 2 is 1.83 bits per heavy atom. The number of amides is 1. The third kappa shape index (κ3) is 4.80. The van der Waals surface area contributed by atoms with Crippen LogP contribution in [0.2, 0.25) is 0 Å². The van der Waals surface area contributed by atoms with Crippen LogP contribution < -0.4 is 14.4 Å². The number of rotatable bonds is 8. The quantitative estimate of drug-likeness (QED) is 0.497. The van der Waals surface area contributed by atoms with Crippen LogP contribution in [0.5, 0.6) is 11.5 Å². The predicted molar refractivity (Wildman–Crippen MR) is 120 cm³/mol. The van der Waals surface area contributed by atoms with Gasteiger partial charge in [0.05, 0.1) is 4.88 Å². The number of nitrogens with zero attached hydrogens (tertiary/aromatic N) is 4. The highest BCUT2D eigenvalue weighted by atomic mass is 32.1. The number of piperazine rings is 1. The molecule has 0 radical (unpaired) electrons. The van der Waals surface area contributed by atoms with E-state index in [1.165, 1.54) is 0 Å². The summed E-state index contributed by atoms with van der Waals surface area (Å²) in [6.45, 7) is 6.72. The third-order valence-corrected chi connectivity index (χ3v) is 6.63. The van der Waals surface area contributed by atoms with Gasteiger partial charge in [0.1, 0.15) is 6.61 Å². The van der Waals surface area contributed by atoms with E-state index >= 15 is 0 Å². The Hall–Kier alpha value is -2.91. The first-order valence-electron chi connectivity index (χ1n) is 9.60. The molecular weight excluding hydrogens is 420 g/mol. The Labute approximate surface area is 183 Å². The highest BCUT2D eigenvalue weighted by Crippen LogP contribution is 2.32. The van der Waals surface area contributed by atoms with Gasteiger partial charge in [0, 0.05) is 26.2 Å². The Kier molecular flexibility index (Phi) is 6.60. The van der Waals surface area contributed by atoms with E-state index in [0.29, 0.717) is 31.2 Å². The van der Waals surface area contributed by atoms with E-state index in [1.54, 1.807) is 34.8 Å². The average Bonchev–Trinajstić information content (AvgIpc) is 3.49. The number of hydrogen-bond acceptors (Lipinski definition) is 8. The van der Waals surface area contributed by atoms with E-state index in [0.717, 1.165) is 28.1 Å². The van der Waals surface area contributed by atoms with Crippen molar-refractivity contribution in [3.63, 3.8) is 0 Å². The smallest absolute Gasteiger partial charge is 0.260 e. The number of hydrogen-bond donors (Lipinski definition) is 0. The van der Waals surface area contributed by atoms with Crippen LogP contribution >= 0.6 is 22.7 Å². The van der Waals surface area contributed by atoms with Crippen molar-refractivity contribution in [2.24, 2.45) is 0 Å². The van der Waals surface area contributed by atoms with Gasteiger partial charge in [-0.25, -0.2) is 0 Å². The number of ether oxygens (including phenoxy) is 2. The first-order chi connectivity index (χ1) is 14.7. The largest absolute Gasteiger partial charge is 0.486 e. The average molecular weight is 443 g/mol. The van der Waals surface area contributed by atoms with Crippen molar-refractivity contribution in [3.05, 3.63) is 54.4 Å². The number of benzene rings is 1. The van der Waals surface area contributed by atoms with Crippen molar-refractivity contribution >= 4 is 33.7 Å². The van der Waals surface area contributed by atoms with Crippen LogP contribution in [-0.2, 0) is 4.79 Å². The van der Waals surface area contributed by atoms with E-state index in [4.69, 9.17) is 9.47 Å². The minimum Gasteiger partial charge on any atom is -0.486 e. The lowest BCUT2D eigenvalue weighted by atomic mass is 10.3. The maximum absolute atomic E-state index is 12.6. The lowest BCUT2D eigenvalue weighted by Gasteiger charge is -2.34. The Morgan fingerprint density at radius 3 is 2.53 bits per heavy atom. The minimum atomic E-state index is -0.0373. The van der Waals surface area contributed by atoms with Crippen LogP contribution in [0.1, 0.15) is 0 Å². The van der Waals surface area contributed by atoms with E-state index < -0.39 is 0 Å². The Balaban J connectivity index is 1.28. The van der Waals surface area contributed by atoms with Crippen molar-refractivity contribution in [2.75, 3.05) is 44.3 Å². The van der Waals surface area contributed by atoms with Crippen LogP contribution in [0.3, 0.4) is 0 Å². The monoisotopic (exact) mass is 442 g/mol. The number of aromatic nitrogens is 2. The summed E-state index contributed by atoms with van der Waals surface area (Å²) < 4.78 is 11.3. The summed E-state index contributed by atoms with van der Waals surface area (Å²) in [6, 6.07) is 11.4. The molecule has 0 saturated carbocycles. The van der Waals surface area contributed by atoms with Crippen molar-refractivity contribution in [1.29, 1.82) is 0 Å². The van der Waals surface area contributed by atoms with Gasteiger partial charge >= 0.3 is 0 Å². The second-order valence-corrected chi connectivity index (χ2v) is 8.47. The normalized spacial score (nSPS) is 13.9. The first-order valence-corrected chi connectivity index (χ1v) is 11.3. The third-order valence-electron chi connectivity index (χ3n) is 4.61. The van der Waals surface area contributed by atoms with Crippen molar-refractivity contribution in [3.8, 4) is 21.4 Å². The molecule has 0 N–H and O–H groups in total. The topological polar surface area (TPSA) is 67.8 Å². The molecule has 1 fully saturated rings. The molecule has 0 atom stereocenters. The summed E-state index contributed by atoms with van der Waals surface area (Å²) >= 11 is 3.25. The van der Waals surface area contributed by atoms with Gasteiger partial charge in [0.25, 0.3) is 5.91 Å². The molecule has 30 heavy (non-hydrogen) atoms. The molecule has 0 bridgehead atoms. The van der Waals surface area contributed by atoms with Gasteiger partial charge in [-0.05, 0) is 23.6 Å². The summed E-state index contributed by atoms with van der Waals surface area (Å²) in [6.07, 6.45) is 1.67. The second kappa shape index (κ2) is 9.73. The fourth-order valence-electron chi connectivity index (χ4n) is 3.06. The molecule has 1 aromatic carbocycles. The molecule has 9 heteroatoms. The van der Waals surface area contributed by atoms with Crippen molar-refractivity contribution in [1.82, 2.24) is 15.1 Å². The van der Waals surface area contributed by atoms with Gasteiger partial charge in [0.15, 0.2) is 23.1 Å². The maximum atomic E-state index is 12.6. The molecule has 3 aromatic rings. The summed E-state index contributed by atoms with van der Waals surface area (Å²) in [4.78, 5) is 17.7. The Bertz CT molecular complexity index is 982. The number of carbonyl (C=O) groups excluding carboxylic acids is 1. The number of para-hydroxylation sites is 2. The molecule has 1 saturated heterocycles. The van der Waals surface area contributed by atoms with Crippen LogP contribution in [0.25, 0.3) is 9.88 Å². The van der Waals surface area contributed by atoms with Crippen LogP contribution in [-0.4, -0.2) is 60.4 Å². The summed E-state index contributed by atoms with van der Waals surface area (Å²) in [5.74, 6) is 1.12.